The number of methoxy groups -OCH3 is 1. The van der Waals surface area contributed by atoms with Crippen LogP contribution in [0.15, 0.2) is 46.9 Å². The fourth-order valence-electron chi connectivity index (χ4n) is 2.77. The SMILES string of the molecule is COc1ccccc1Oc1cc(NC(=O)Cn2nc([N+](=O)[O-])c(Br)c2C)cc([N+](=O)[O-])c1. The van der Waals surface area contributed by atoms with Crippen molar-refractivity contribution in [3.63, 3.8) is 0 Å². The van der Waals surface area contributed by atoms with E-state index >= 15 is 0 Å². The highest BCUT2D eigenvalue weighted by molar-refractivity contribution is 9.10. The largest absolute Gasteiger partial charge is 0.493 e. The van der Waals surface area contributed by atoms with Crippen LogP contribution in [0.3, 0.4) is 0 Å². The highest BCUT2D eigenvalue weighted by Gasteiger charge is 2.25. The number of carbonyl (C=O) groups is 1. The van der Waals surface area contributed by atoms with E-state index in [1.807, 2.05) is 0 Å². The first kappa shape index (κ1) is 22.7. The van der Waals surface area contributed by atoms with Crippen molar-refractivity contribution >= 4 is 39.0 Å². The van der Waals surface area contributed by atoms with Gasteiger partial charge < -0.3 is 24.9 Å². The Morgan fingerprint density at radius 3 is 2.44 bits per heavy atom. The van der Waals surface area contributed by atoms with E-state index in [1.54, 1.807) is 31.2 Å². The normalized spacial score (nSPS) is 10.5. The van der Waals surface area contributed by atoms with Gasteiger partial charge in [0.25, 0.3) is 5.69 Å². The van der Waals surface area contributed by atoms with Gasteiger partial charge in [0.1, 0.15) is 16.8 Å². The first-order chi connectivity index (χ1) is 15.2. The lowest BCUT2D eigenvalue weighted by atomic mass is 10.2. The van der Waals surface area contributed by atoms with E-state index in [2.05, 4.69) is 26.3 Å². The van der Waals surface area contributed by atoms with E-state index < -0.39 is 21.6 Å². The Balaban J connectivity index is 1.84. The third kappa shape index (κ3) is 5.00. The van der Waals surface area contributed by atoms with Gasteiger partial charge in [-0.05, 0) is 39.9 Å². The summed E-state index contributed by atoms with van der Waals surface area (Å²) in [4.78, 5) is 33.5. The molecule has 0 fully saturated rings. The van der Waals surface area contributed by atoms with E-state index in [0.717, 1.165) is 4.68 Å². The van der Waals surface area contributed by atoms with Gasteiger partial charge in [-0.15, -0.1) is 0 Å². The molecule has 0 unspecified atom stereocenters. The molecule has 0 aliphatic rings. The first-order valence-electron chi connectivity index (χ1n) is 8.97. The van der Waals surface area contributed by atoms with Crippen LogP contribution >= 0.6 is 15.9 Å². The number of rotatable bonds is 8. The molecular formula is C19H16BrN5O7. The van der Waals surface area contributed by atoms with Crippen LogP contribution in [0.25, 0.3) is 0 Å². The standard InChI is InChI=1S/C19H16BrN5O7/c1-11-18(20)19(25(29)30)22-23(11)10-17(26)21-12-7-13(24(27)28)9-14(8-12)32-16-6-4-3-5-15(16)31-2/h3-9H,10H2,1-2H3,(H,21,26). The molecule has 2 aromatic carbocycles. The predicted octanol–water partition coefficient (Wildman–Crippen LogP) is 4.21. The van der Waals surface area contributed by atoms with Crippen molar-refractivity contribution in [2.75, 3.05) is 12.4 Å². The van der Waals surface area contributed by atoms with Crippen molar-refractivity contribution in [3.8, 4) is 17.2 Å². The molecule has 32 heavy (non-hydrogen) atoms. The summed E-state index contributed by atoms with van der Waals surface area (Å²) in [7, 11) is 1.46. The zero-order valence-corrected chi connectivity index (χ0v) is 18.4. The number of anilines is 1. The monoisotopic (exact) mass is 505 g/mol. The Labute approximate surface area is 189 Å². The minimum atomic E-state index is -0.673. The fourth-order valence-corrected chi connectivity index (χ4v) is 3.19. The maximum absolute atomic E-state index is 12.5. The van der Waals surface area contributed by atoms with Crippen LogP contribution < -0.4 is 14.8 Å². The van der Waals surface area contributed by atoms with Gasteiger partial charge in [-0.3, -0.25) is 14.9 Å². The topological polar surface area (TPSA) is 152 Å². The third-order valence-corrected chi connectivity index (χ3v) is 5.19. The smallest absolute Gasteiger partial charge is 0.404 e. The highest BCUT2D eigenvalue weighted by atomic mass is 79.9. The minimum absolute atomic E-state index is 0.104. The Kier molecular flexibility index (Phi) is 6.68. The van der Waals surface area contributed by atoms with Gasteiger partial charge >= 0.3 is 5.82 Å². The molecular weight excluding hydrogens is 490 g/mol. The van der Waals surface area contributed by atoms with E-state index in [0.29, 0.717) is 17.2 Å². The molecule has 0 saturated carbocycles. The maximum atomic E-state index is 12.5. The van der Waals surface area contributed by atoms with Gasteiger partial charge in [-0.2, -0.15) is 4.68 Å². The van der Waals surface area contributed by atoms with Gasteiger partial charge in [0.2, 0.25) is 5.91 Å². The van der Waals surface area contributed by atoms with Crippen LogP contribution in [0.2, 0.25) is 0 Å². The molecule has 1 aromatic heterocycles. The number of nitro groups is 2. The molecule has 166 valence electrons. The number of nitro benzene ring substituents is 1. The quantitative estimate of drug-likeness (QED) is 0.352. The zero-order valence-electron chi connectivity index (χ0n) is 16.8. The molecule has 0 radical (unpaired) electrons. The van der Waals surface area contributed by atoms with E-state index in [4.69, 9.17) is 9.47 Å². The van der Waals surface area contributed by atoms with Crippen LogP contribution in [-0.2, 0) is 11.3 Å². The number of benzene rings is 2. The van der Waals surface area contributed by atoms with Crippen molar-refractivity contribution in [2.24, 2.45) is 0 Å². The molecule has 1 N–H and O–H groups in total. The third-order valence-electron chi connectivity index (χ3n) is 4.27. The number of ether oxygens (including phenoxy) is 2. The average molecular weight is 506 g/mol. The van der Waals surface area contributed by atoms with Crippen LogP contribution in [0.5, 0.6) is 17.2 Å². The Morgan fingerprint density at radius 2 is 1.84 bits per heavy atom. The lowest BCUT2D eigenvalue weighted by molar-refractivity contribution is -0.390. The van der Waals surface area contributed by atoms with Crippen LogP contribution in [0.1, 0.15) is 5.69 Å². The number of nitrogens with one attached hydrogen (secondary N) is 1. The van der Waals surface area contributed by atoms with Crippen molar-refractivity contribution in [1.82, 2.24) is 9.78 Å². The highest BCUT2D eigenvalue weighted by Crippen LogP contribution is 2.34. The molecule has 0 saturated heterocycles. The molecule has 13 heteroatoms. The lowest BCUT2D eigenvalue weighted by Crippen LogP contribution is -2.20. The number of para-hydroxylation sites is 2. The Morgan fingerprint density at radius 1 is 1.16 bits per heavy atom. The molecule has 0 atom stereocenters. The zero-order chi connectivity index (χ0) is 23.4. The first-order valence-corrected chi connectivity index (χ1v) is 9.76. The second kappa shape index (κ2) is 9.43. The molecule has 0 aliphatic heterocycles. The van der Waals surface area contributed by atoms with Gasteiger partial charge in [0, 0.05) is 12.1 Å². The molecule has 1 heterocycles. The summed E-state index contributed by atoms with van der Waals surface area (Å²) < 4.78 is 12.2. The van der Waals surface area contributed by atoms with E-state index in [9.17, 15) is 25.0 Å². The number of aromatic nitrogens is 2. The summed E-state index contributed by atoms with van der Waals surface area (Å²) in [6.07, 6.45) is 0. The van der Waals surface area contributed by atoms with E-state index in [-0.39, 0.29) is 28.1 Å². The van der Waals surface area contributed by atoms with Crippen LogP contribution in [0.4, 0.5) is 17.2 Å². The predicted molar refractivity (Wildman–Crippen MR) is 116 cm³/mol. The molecule has 3 aromatic rings. The van der Waals surface area contributed by atoms with Crippen molar-refractivity contribution in [3.05, 3.63) is 72.9 Å². The molecule has 0 spiro atoms. The van der Waals surface area contributed by atoms with Gasteiger partial charge in [-0.1, -0.05) is 12.1 Å². The van der Waals surface area contributed by atoms with Crippen molar-refractivity contribution in [2.45, 2.75) is 13.5 Å². The number of halogens is 1. The summed E-state index contributed by atoms with van der Waals surface area (Å²) in [5.41, 5.74) is 0.180. The number of nitrogens with zero attached hydrogens (tertiary/aromatic N) is 4. The Hall–Kier alpha value is -4.00. The second-order valence-electron chi connectivity index (χ2n) is 6.41. The average Bonchev–Trinajstić information content (AvgIpc) is 3.02. The van der Waals surface area contributed by atoms with Crippen LogP contribution in [-0.4, -0.2) is 32.6 Å². The van der Waals surface area contributed by atoms with Gasteiger partial charge in [0.05, 0.1) is 34.6 Å². The lowest BCUT2D eigenvalue weighted by Gasteiger charge is -2.11. The number of hydrogen-bond acceptors (Lipinski definition) is 8. The maximum Gasteiger partial charge on any atom is 0.404 e. The Bertz CT molecular complexity index is 1210. The second-order valence-corrected chi connectivity index (χ2v) is 7.20. The number of hydrogen-bond donors (Lipinski definition) is 1. The number of carbonyl (C=O) groups excluding carboxylic acids is 1. The summed E-state index contributed by atoms with van der Waals surface area (Å²) in [5.74, 6) is -0.157. The summed E-state index contributed by atoms with van der Waals surface area (Å²) >= 11 is 3.08. The van der Waals surface area contributed by atoms with E-state index in [1.165, 1.54) is 25.3 Å². The molecule has 3 rings (SSSR count). The summed E-state index contributed by atoms with van der Waals surface area (Å²) in [5, 5.41) is 28.7. The minimum Gasteiger partial charge on any atom is -0.493 e. The van der Waals surface area contributed by atoms with Crippen molar-refractivity contribution < 1.29 is 24.1 Å². The molecule has 1 amide bonds. The summed E-state index contributed by atoms with van der Waals surface area (Å²) in [6.45, 7) is 1.22. The molecule has 0 bridgehead atoms. The van der Waals surface area contributed by atoms with Gasteiger partial charge in [0.15, 0.2) is 11.5 Å². The fraction of sp³-hybridized carbons (Fsp3) is 0.158. The number of amides is 1. The summed E-state index contributed by atoms with van der Waals surface area (Å²) in [6, 6.07) is 10.5. The van der Waals surface area contributed by atoms with Crippen molar-refractivity contribution in [1.29, 1.82) is 0 Å². The van der Waals surface area contributed by atoms with Crippen LogP contribution in [0, 0.1) is 27.2 Å². The number of non-ortho nitro benzene ring substituents is 1. The van der Waals surface area contributed by atoms with Gasteiger partial charge in [-0.25, -0.2) is 0 Å². The molecule has 0 aliphatic carbocycles. The molecule has 12 nitrogen and oxygen atoms in total.